The van der Waals surface area contributed by atoms with Crippen molar-refractivity contribution in [3.63, 3.8) is 0 Å². The number of aryl methyl sites for hydroxylation is 2. The number of nitrogens with zero attached hydrogens (tertiary/aromatic N) is 4. The van der Waals surface area contributed by atoms with Gasteiger partial charge in [0.15, 0.2) is 0 Å². The molecule has 31 heavy (non-hydrogen) atoms. The van der Waals surface area contributed by atoms with Crippen molar-refractivity contribution in [3.05, 3.63) is 57.4 Å². The SMILES string of the molecule is Cc1ccc(Cl)cc1-n1c(C)cc(C=C(C#N)C(=O)Nc2nc(S(C)(=O)=O)ns2)c1C. The van der Waals surface area contributed by atoms with Gasteiger partial charge in [-0.25, -0.2) is 8.42 Å². The van der Waals surface area contributed by atoms with E-state index in [1.165, 1.54) is 6.08 Å². The number of benzene rings is 1. The molecule has 0 atom stereocenters. The van der Waals surface area contributed by atoms with Gasteiger partial charge in [-0.1, -0.05) is 17.7 Å². The number of nitriles is 1. The second kappa shape index (κ2) is 8.63. The van der Waals surface area contributed by atoms with Crippen LogP contribution < -0.4 is 5.32 Å². The summed E-state index contributed by atoms with van der Waals surface area (Å²) in [7, 11) is -3.59. The minimum Gasteiger partial charge on any atom is -0.318 e. The van der Waals surface area contributed by atoms with Crippen molar-refractivity contribution in [2.75, 3.05) is 11.6 Å². The smallest absolute Gasteiger partial charge is 0.268 e. The first-order valence-electron chi connectivity index (χ1n) is 8.93. The maximum Gasteiger partial charge on any atom is 0.268 e. The maximum absolute atomic E-state index is 12.5. The first-order valence-corrected chi connectivity index (χ1v) is 12.0. The summed E-state index contributed by atoms with van der Waals surface area (Å²) in [5.74, 6) is -0.706. The maximum atomic E-state index is 12.5. The summed E-state index contributed by atoms with van der Waals surface area (Å²) >= 11 is 6.89. The summed E-state index contributed by atoms with van der Waals surface area (Å²) in [6.07, 6.45) is 2.45. The topological polar surface area (TPSA) is 118 Å². The molecule has 0 fully saturated rings. The van der Waals surface area contributed by atoms with E-state index in [0.29, 0.717) is 10.6 Å². The second-order valence-electron chi connectivity index (χ2n) is 6.87. The van der Waals surface area contributed by atoms with Gasteiger partial charge in [-0.15, -0.1) is 0 Å². The highest BCUT2D eigenvalue weighted by Gasteiger charge is 2.19. The molecule has 11 heteroatoms. The van der Waals surface area contributed by atoms with E-state index in [1.807, 2.05) is 55.7 Å². The quantitative estimate of drug-likeness (QED) is 0.442. The van der Waals surface area contributed by atoms with Gasteiger partial charge in [-0.05, 0) is 56.2 Å². The van der Waals surface area contributed by atoms with Crippen LogP contribution in [-0.2, 0) is 14.6 Å². The van der Waals surface area contributed by atoms with Gasteiger partial charge in [-0.2, -0.15) is 14.6 Å². The number of sulfone groups is 1. The number of carbonyl (C=O) groups excluding carboxylic acids is 1. The average molecular weight is 476 g/mol. The number of halogens is 1. The number of rotatable bonds is 5. The zero-order valence-electron chi connectivity index (χ0n) is 17.1. The largest absolute Gasteiger partial charge is 0.318 e. The van der Waals surface area contributed by atoms with Crippen LogP contribution in [0.15, 0.2) is 35.0 Å². The Kier molecular flexibility index (Phi) is 6.31. The van der Waals surface area contributed by atoms with E-state index in [-0.39, 0.29) is 15.9 Å². The van der Waals surface area contributed by atoms with Crippen molar-refractivity contribution >= 4 is 50.1 Å². The first-order chi connectivity index (χ1) is 14.5. The zero-order chi connectivity index (χ0) is 22.9. The van der Waals surface area contributed by atoms with Gasteiger partial charge >= 0.3 is 0 Å². The Morgan fingerprint density at radius 1 is 1.29 bits per heavy atom. The highest BCUT2D eigenvalue weighted by Crippen LogP contribution is 2.27. The van der Waals surface area contributed by atoms with Gasteiger partial charge in [0.1, 0.15) is 11.6 Å². The molecular formula is C20H18ClN5O3S2. The number of hydrogen-bond donors (Lipinski definition) is 1. The van der Waals surface area contributed by atoms with Crippen molar-refractivity contribution in [1.29, 1.82) is 5.26 Å². The molecule has 3 rings (SSSR count). The minimum absolute atomic E-state index is 0.00778. The number of aromatic nitrogens is 3. The molecule has 8 nitrogen and oxygen atoms in total. The molecule has 0 unspecified atom stereocenters. The van der Waals surface area contributed by atoms with Crippen molar-refractivity contribution < 1.29 is 13.2 Å². The van der Waals surface area contributed by atoms with Crippen LogP contribution in [0.5, 0.6) is 0 Å². The number of hydrogen-bond acceptors (Lipinski definition) is 7. The molecule has 0 radical (unpaired) electrons. The fraction of sp³-hybridized carbons (Fsp3) is 0.200. The molecule has 0 bridgehead atoms. The van der Waals surface area contributed by atoms with E-state index in [4.69, 9.17) is 11.6 Å². The van der Waals surface area contributed by atoms with Crippen LogP contribution >= 0.6 is 23.1 Å². The van der Waals surface area contributed by atoms with Crippen molar-refractivity contribution in [2.45, 2.75) is 25.9 Å². The Morgan fingerprint density at radius 2 is 2.00 bits per heavy atom. The minimum atomic E-state index is -3.59. The van der Waals surface area contributed by atoms with Crippen LogP contribution in [0.3, 0.4) is 0 Å². The summed E-state index contributed by atoms with van der Waals surface area (Å²) in [6.45, 7) is 5.78. The van der Waals surface area contributed by atoms with E-state index in [9.17, 15) is 18.5 Å². The third-order valence-corrected chi connectivity index (χ3v) is 6.33. The second-order valence-corrected chi connectivity index (χ2v) is 9.97. The Hall–Kier alpha value is -3.00. The molecule has 3 aromatic rings. The fourth-order valence-electron chi connectivity index (χ4n) is 3.01. The highest BCUT2D eigenvalue weighted by atomic mass is 35.5. The molecule has 0 aliphatic rings. The third kappa shape index (κ3) is 4.85. The third-order valence-electron chi connectivity index (χ3n) is 4.51. The molecule has 0 aliphatic carbocycles. The van der Waals surface area contributed by atoms with Crippen LogP contribution in [0.2, 0.25) is 5.02 Å². The van der Waals surface area contributed by atoms with Crippen LogP contribution in [0, 0.1) is 32.1 Å². The van der Waals surface area contributed by atoms with E-state index in [2.05, 4.69) is 14.7 Å². The number of nitrogens with one attached hydrogen (secondary N) is 1. The lowest BCUT2D eigenvalue weighted by atomic mass is 10.1. The van der Waals surface area contributed by atoms with E-state index >= 15 is 0 Å². The van der Waals surface area contributed by atoms with E-state index in [0.717, 1.165) is 40.4 Å². The standard InChI is InChI=1S/C20H18ClN5O3S2/c1-11-5-6-16(21)9-17(11)26-12(2)7-14(13(26)3)8-15(10-22)18(27)23-19-24-20(25-30-19)31(4,28)29/h5-9H,1-4H3,(H,23,24,25,27). The van der Waals surface area contributed by atoms with E-state index in [1.54, 1.807) is 0 Å². The van der Waals surface area contributed by atoms with Gasteiger partial charge in [0.2, 0.25) is 15.0 Å². The van der Waals surface area contributed by atoms with Gasteiger partial charge in [0.25, 0.3) is 11.1 Å². The molecule has 0 saturated heterocycles. The number of anilines is 1. The van der Waals surface area contributed by atoms with E-state index < -0.39 is 15.7 Å². The molecule has 1 N–H and O–H groups in total. The van der Waals surface area contributed by atoms with Crippen LogP contribution in [0.25, 0.3) is 11.8 Å². The number of amides is 1. The molecule has 1 aromatic carbocycles. The summed E-state index contributed by atoms with van der Waals surface area (Å²) in [6, 6.07) is 9.35. The summed E-state index contributed by atoms with van der Waals surface area (Å²) in [5.41, 5.74) is 4.22. The summed E-state index contributed by atoms with van der Waals surface area (Å²) < 4.78 is 28.7. The van der Waals surface area contributed by atoms with Crippen molar-refractivity contribution in [2.24, 2.45) is 0 Å². The molecule has 0 aliphatic heterocycles. The number of carbonyl (C=O) groups is 1. The molecular weight excluding hydrogens is 458 g/mol. The van der Waals surface area contributed by atoms with Gasteiger partial charge in [-0.3, -0.25) is 10.1 Å². The summed E-state index contributed by atoms with van der Waals surface area (Å²) in [5, 5.41) is 12.1. The lowest BCUT2D eigenvalue weighted by molar-refractivity contribution is -0.112. The molecule has 2 aromatic heterocycles. The lowest BCUT2D eigenvalue weighted by Crippen LogP contribution is -2.13. The Balaban J connectivity index is 1.94. The fourth-order valence-corrected chi connectivity index (χ4v) is 4.61. The first kappa shape index (κ1) is 22.7. The molecule has 0 spiro atoms. The average Bonchev–Trinajstić information content (AvgIpc) is 3.26. The lowest BCUT2D eigenvalue weighted by Gasteiger charge is -2.13. The van der Waals surface area contributed by atoms with Crippen LogP contribution in [0.4, 0.5) is 5.13 Å². The van der Waals surface area contributed by atoms with Gasteiger partial charge < -0.3 is 4.57 Å². The van der Waals surface area contributed by atoms with Crippen LogP contribution in [-0.4, -0.2) is 34.5 Å². The van der Waals surface area contributed by atoms with Gasteiger partial charge in [0, 0.05) is 39.9 Å². The highest BCUT2D eigenvalue weighted by molar-refractivity contribution is 7.90. The molecule has 160 valence electrons. The Labute approximate surface area is 188 Å². The zero-order valence-corrected chi connectivity index (χ0v) is 19.5. The Morgan fingerprint density at radius 3 is 2.61 bits per heavy atom. The Bertz CT molecular complexity index is 1360. The predicted octanol–water partition coefficient (Wildman–Crippen LogP) is 3.86. The van der Waals surface area contributed by atoms with Gasteiger partial charge in [0.05, 0.1) is 0 Å². The normalized spacial score (nSPS) is 11.9. The molecule has 0 saturated carbocycles. The van der Waals surface area contributed by atoms with Crippen molar-refractivity contribution in [1.82, 2.24) is 13.9 Å². The molecule has 1 amide bonds. The monoisotopic (exact) mass is 475 g/mol. The predicted molar refractivity (Wildman–Crippen MR) is 120 cm³/mol. The molecule has 2 heterocycles. The van der Waals surface area contributed by atoms with Crippen molar-refractivity contribution in [3.8, 4) is 11.8 Å². The van der Waals surface area contributed by atoms with Crippen LogP contribution in [0.1, 0.15) is 22.5 Å². The summed E-state index contributed by atoms with van der Waals surface area (Å²) in [4.78, 5) is 16.3.